The lowest BCUT2D eigenvalue weighted by Crippen LogP contribution is -2.44. The summed E-state index contributed by atoms with van der Waals surface area (Å²) in [6, 6.07) is 6.47. The zero-order chi connectivity index (χ0) is 16.5. The lowest BCUT2D eigenvalue weighted by molar-refractivity contribution is -0.123. The van der Waals surface area contributed by atoms with Crippen molar-refractivity contribution >= 4 is 19.8 Å². The first-order valence-corrected chi connectivity index (χ1v) is 9.21. The van der Waals surface area contributed by atoms with E-state index < -0.39 is 0 Å². The topological polar surface area (TPSA) is 35.6 Å². The molecule has 6 heteroatoms. The number of amides is 1. The number of piperazine rings is 1. The molecule has 2 atom stereocenters. The molecule has 0 spiro atoms. The Morgan fingerprint density at radius 1 is 1.25 bits per heavy atom. The van der Waals surface area contributed by atoms with E-state index in [0.29, 0.717) is 8.58 Å². The van der Waals surface area contributed by atoms with Crippen LogP contribution in [0.4, 0.5) is 4.39 Å². The van der Waals surface area contributed by atoms with E-state index in [-0.39, 0.29) is 17.5 Å². The average molecular weight is 343 g/mol. The average Bonchev–Trinajstić information content (AvgIpc) is 2.62. The maximum atomic E-state index is 13.5. The van der Waals surface area contributed by atoms with Crippen molar-refractivity contribution in [2.75, 3.05) is 26.2 Å². The van der Waals surface area contributed by atoms with Crippen LogP contribution in [0.2, 0.25) is 0 Å². The Bertz CT molecular complexity index is 752. The standard InChI is InChI=1S/C18H19FN3OP/c19-14-3-1-2-13(10-14)16-11-17(23)22-12-15(4-5-18(22)24-16)21-8-6-20-7-9-21/h1-5,10-12,18,20,24H,6-9H2. The predicted molar refractivity (Wildman–Crippen MR) is 95.0 cm³/mol. The number of hydrogen-bond donors (Lipinski definition) is 1. The molecule has 124 valence electrons. The highest BCUT2D eigenvalue weighted by atomic mass is 31.1. The van der Waals surface area contributed by atoms with E-state index in [1.165, 1.54) is 12.1 Å². The molecule has 1 saturated heterocycles. The van der Waals surface area contributed by atoms with E-state index >= 15 is 0 Å². The Kier molecular flexibility index (Phi) is 4.21. The van der Waals surface area contributed by atoms with Crippen molar-refractivity contribution in [3.63, 3.8) is 0 Å². The predicted octanol–water partition coefficient (Wildman–Crippen LogP) is 2.33. The summed E-state index contributed by atoms with van der Waals surface area (Å²) in [5.41, 5.74) is 1.89. The molecule has 3 aliphatic heterocycles. The maximum Gasteiger partial charge on any atom is 0.252 e. The Hall–Kier alpha value is -1.97. The number of carbonyl (C=O) groups is 1. The lowest BCUT2D eigenvalue weighted by Gasteiger charge is -2.37. The van der Waals surface area contributed by atoms with Crippen LogP contribution in [0.15, 0.2) is 54.4 Å². The summed E-state index contributed by atoms with van der Waals surface area (Å²) < 4.78 is 13.5. The van der Waals surface area contributed by atoms with Gasteiger partial charge in [-0.3, -0.25) is 4.79 Å². The van der Waals surface area contributed by atoms with Gasteiger partial charge in [0.1, 0.15) is 5.82 Å². The highest BCUT2D eigenvalue weighted by Gasteiger charge is 2.29. The number of carbonyl (C=O) groups excluding carboxylic acids is 1. The second-order valence-corrected chi connectivity index (χ2v) is 7.47. The fraction of sp³-hybridized carbons (Fsp3) is 0.278. The van der Waals surface area contributed by atoms with E-state index in [9.17, 15) is 9.18 Å². The van der Waals surface area contributed by atoms with Gasteiger partial charge < -0.3 is 15.1 Å². The van der Waals surface area contributed by atoms with Crippen molar-refractivity contribution in [3.05, 3.63) is 65.8 Å². The van der Waals surface area contributed by atoms with Crippen LogP contribution in [-0.4, -0.2) is 47.7 Å². The third-order valence-corrected chi connectivity index (χ3v) is 5.97. The second-order valence-electron chi connectivity index (χ2n) is 6.05. The van der Waals surface area contributed by atoms with Gasteiger partial charge in [0, 0.05) is 38.5 Å². The van der Waals surface area contributed by atoms with Crippen LogP contribution in [0.5, 0.6) is 0 Å². The number of benzene rings is 1. The Morgan fingerprint density at radius 2 is 2.08 bits per heavy atom. The van der Waals surface area contributed by atoms with Crippen molar-refractivity contribution in [1.29, 1.82) is 0 Å². The third kappa shape index (κ3) is 3.02. The summed E-state index contributed by atoms with van der Waals surface area (Å²) in [7, 11) is 0.418. The summed E-state index contributed by atoms with van der Waals surface area (Å²) in [5.74, 6) is -0.268. The van der Waals surface area contributed by atoms with Crippen LogP contribution in [0.3, 0.4) is 0 Å². The van der Waals surface area contributed by atoms with Crippen LogP contribution >= 0.6 is 8.58 Å². The molecule has 0 radical (unpaired) electrons. The summed E-state index contributed by atoms with van der Waals surface area (Å²) in [6.07, 6.45) is 7.82. The molecule has 0 aromatic heterocycles. The number of allylic oxidation sites excluding steroid dienone is 1. The maximum absolute atomic E-state index is 13.5. The van der Waals surface area contributed by atoms with Gasteiger partial charge in [-0.05, 0) is 29.1 Å². The molecule has 4 rings (SSSR count). The molecule has 1 aromatic rings. The number of hydrogen-bond acceptors (Lipinski definition) is 3. The van der Waals surface area contributed by atoms with Crippen LogP contribution in [-0.2, 0) is 4.79 Å². The molecule has 3 heterocycles. The van der Waals surface area contributed by atoms with Crippen molar-refractivity contribution in [2.24, 2.45) is 0 Å². The van der Waals surface area contributed by atoms with Gasteiger partial charge >= 0.3 is 0 Å². The molecule has 2 unspecified atom stereocenters. The number of nitrogens with zero attached hydrogens (tertiary/aromatic N) is 2. The smallest absolute Gasteiger partial charge is 0.252 e. The first-order valence-electron chi connectivity index (χ1n) is 8.13. The second kappa shape index (κ2) is 6.50. The Morgan fingerprint density at radius 3 is 2.88 bits per heavy atom. The molecule has 1 aromatic carbocycles. The SMILES string of the molecule is O=C1C=C(c2cccc(F)c2)PC2C=CC(N3CCNCC3)=CN12. The first kappa shape index (κ1) is 15.6. The first-order chi connectivity index (χ1) is 11.7. The summed E-state index contributed by atoms with van der Waals surface area (Å²) in [5, 5.41) is 4.26. The van der Waals surface area contributed by atoms with Crippen molar-refractivity contribution in [2.45, 2.75) is 5.78 Å². The molecule has 1 amide bonds. The molecule has 0 bridgehead atoms. The van der Waals surface area contributed by atoms with Gasteiger partial charge in [-0.25, -0.2) is 4.39 Å². The molecule has 3 aliphatic rings. The van der Waals surface area contributed by atoms with E-state index in [0.717, 1.165) is 42.8 Å². The van der Waals surface area contributed by atoms with Gasteiger partial charge in [0.15, 0.2) is 0 Å². The molecule has 24 heavy (non-hydrogen) atoms. The third-order valence-electron chi connectivity index (χ3n) is 4.46. The van der Waals surface area contributed by atoms with E-state index in [1.54, 1.807) is 17.0 Å². The van der Waals surface area contributed by atoms with Gasteiger partial charge in [-0.1, -0.05) is 26.8 Å². The quantitative estimate of drug-likeness (QED) is 0.838. The van der Waals surface area contributed by atoms with Gasteiger partial charge in [0.2, 0.25) is 0 Å². The van der Waals surface area contributed by atoms with Crippen LogP contribution in [0.25, 0.3) is 5.31 Å². The van der Waals surface area contributed by atoms with E-state index in [2.05, 4.69) is 22.4 Å². The van der Waals surface area contributed by atoms with Crippen molar-refractivity contribution in [1.82, 2.24) is 15.1 Å². The molecule has 4 nitrogen and oxygen atoms in total. The van der Waals surface area contributed by atoms with Crippen molar-refractivity contribution < 1.29 is 9.18 Å². The molecule has 1 N–H and O–H groups in total. The molecule has 0 aliphatic carbocycles. The monoisotopic (exact) mass is 343 g/mol. The molecular formula is C18H19FN3OP. The van der Waals surface area contributed by atoms with Crippen LogP contribution in [0.1, 0.15) is 5.56 Å². The van der Waals surface area contributed by atoms with Gasteiger partial charge in [-0.2, -0.15) is 0 Å². The van der Waals surface area contributed by atoms with Crippen LogP contribution in [0, 0.1) is 5.82 Å². The highest BCUT2D eigenvalue weighted by molar-refractivity contribution is 7.51. The Balaban J connectivity index is 1.58. The fourth-order valence-corrected chi connectivity index (χ4v) is 4.58. The van der Waals surface area contributed by atoms with Crippen LogP contribution < -0.4 is 5.32 Å². The van der Waals surface area contributed by atoms with Gasteiger partial charge in [0.25, 0.3) is 5.91 Å². The molecular weight excluding hydrogens is 324 g/mol. The summed E-state index contributed by atoms with van der Waals surface area (Å²) in [4.78, 5) is 16.7. The summed E-state index contributed by atoms with van der Waals surface area (Å²) in [6.45, 7) is 3.84. The van der Waals surface area contributed by atoms with Crippen molar-refractivity contribution in [3.8, 4) is 0 Å². The van der Waals surface area contributed by atoms with E-state index in [1.807, 2.05) is 12.3 Å². The largest absolute Gasteiger partial charge is 0.368 e. The lowest BCUT2D eigenvalue weighted by atomic mass is 10.2. The normalized spacial score (nSPS) is 24.7. The van der Waals surface area contributed by atoms with Gasteiger partial charge in [-0.15, -0.1) is 0 Å². The number of fused-ring (bicyclic) bond motifs is 1. The fourth-order valence-electron chi connectivity index (χ4n) is 3.20. The molecule has 1 fully saturated rings. The number of halogens is 1. The van der Waals surface area contributed by atoms with E-state index in [4.69, 9.17) is 0 Å². The minimum atomic E-state index is -0.270. The minimum absolute atomic E-state index is 0.0324. The minimum Gasteiger partial charge on any atom is -0.368 e. The summed E-state index contributed by atoms with van der Waals surface area (Å²) >= 11 is 0. The van der Waals surface area contributed by atoms with Gasteiger partial charge in [0.05, 0.1) is 11.5 Å². The zero-order valence-corrected chi connectivity index (χ0v) is 14.2. The number of rotatable bonds is 2. The highest BCUT2D eigenvalue weighted by Crippen LogP contribution is 2.44. The Labute approximate surface area is 142 Å². The molecule has 0 saturated carbocycles. The number of nitrogens with one attached hydrogen (secondary N) is 1. The zero-order valence-electron chi connectivity index (χ0n) is 13.2.